The monoisotopic (exact) mass is 489 g/mol. The Morgan fingerprint density at radius 1 is 0.886 bits per heavy atom. The zero-order chi connectivity index (χ0) is 24.3. The van der Waals surface area contributed by atoms with Crippen LogP contribution in [-0.4, -0.2) is 65.4 Å². The second-order valence-electron chi connectivity index (χ2n) is 8.77. The molecule has 2 N–H and O–H groups in total. The number of carbonyl (C=O) groups excluding carboxylic acids is 3. The van der Waals surface area contributed by atoms with E-state index in [9.17, 15) is 14.4 Å². The molecule has 2 aliphatic heterocycles. The average molecular weight is 490 g/mol. The molecule has 8 nitrogen and oxygen atoms in total. The molecular formula is C26H27N5O3S. The van der Waals surface area contributed by atoms with E-state index in [4.69, 9.17) is 0 Å². The Labute approximate surface area is 208 Å². The van der Waals surface area contributed by atoms with Crippen molar-refractivity contribution in [3.05, 3.63) is 94.2 Å². The fourth-order valence-corrected chi connectivity index (χ4v) is 5.33. The number of hydrazine groups is 1. The van der Waals surface area contributed by atoms with Crippen LogP contribution >= 0.6 is 11.3 Å². The van der Waals surface area contributed by atoms with Crippen LogP contribution in [0.4, 0.5) is 4.79 Å². The lowest BCUT2D eigenvalue weighted by molar-refractivity contribution is -0.139. The Morgan fingerprint density at radius 3 is 2.06 bits per heavy atom. The number of urea groups is 1. The molecule has 3 aromatic rings. The summed E-state index contributed by atoms with van der Waals surface area (Å²) in [5, 5.41) is 7.89. The van der Waals surface area contributed by atoms with Crippen LogP contribution in [0.2, 0.25) is 0 Å². The first-order valence-electron chi connectivity index (χ1n) is 11.6. The van der Waals surface area contributed by atoms with E-state index in [0.29, 0.717) is 11.1 Å². The number of piperazine rings is 1. The summed E-state index contributed by atoms with van der Waals surface area (Å²) in [5.74, 6) is -0.925. The summed E-state index contributed by atoms with van der Waals surface area (Å²) in [7, 11) is 0. The highest BCUT2D eigenvalue weighted by atomic mass is 32.1. The topological polar surface area (TPSA) is 85.0 Å². The highest BCUT2D eigenvalue weighted by Crippen LogP contribution is 2.35. The molecule has 0 aliphatic carbocycles. The van der Waals surface area contributed by atoms with Crippen molar-refractivity contribution in [2.45, 2.75) is 12.1 Å². The van der Waals surface area contributed by atoms with E-state index in [1.54, 1.807) is 35.6 Å². The molecule has 4 amide bonds. The first-order valence-corrected chi connectivity index (χ1v) is 12.5. The summed E-state index contributed by atoms with van der Waals surface area (Å²) in [6.07, 6.45) is 0. The van der Waals surface area contributed by atoms with Gasteiger partial charge in [0.2, 0.25) is 0 Å². The maximum atomic E-state index is 13.7. The second kappa shape index (κ2) is 9.99. The van der Waals surface area contributed by atoms with Crippen LogP contribution < -0.4 is 10.7 Å². The molecule has 35 heavy (non-hydrogen) atoms. The van der Waals surface area contributed by atoms with Crippen molar-refractivity contribution in [2.24, 2.45) is 0 Å². The third-order valence-electron chi connectivity index (χ3n) is 6.49. The van der Waals surface area contributed by atoms with E-state index < -0.39 is 23.4 Å². The van der Waals surface area contributed by atoms with E-state index in [2.05, 4.69) is 32.5 Å². The number of thiophene rings is 1. The molecule has 180 valence electrons. The summed E-state index contributed by atoms with van der Waals surface area (Å²) >= 11 is 1.69. The number of hydrogen-bond donors (Lipinski definition) is 2. The molecule has 0 bridgehead atoms. The Kier molecular flexibility index (Phi) is 6.63. The van der Waals surface area contributed by atoms with Crippen molar-refractivity contribution in [3.8, 4) is 0 Å². The molecule has 2 aliphatic rings. The Hall–Kier alpha value is -3.53. The lowest BCUT2D eigenvalue weighted by Crippen LogP contribution is -2.53. The SMILES string of the molecule is O=C(CN1CCN(Cc2ccsc2)CC1)NN1C(=O)NC(c2ccccc2)(c2ccccc2)C1=O. The van der Waals surface area contributed by atoms with E-state index in [1.165, 1.54) is 5.56 Å². The van der Waals surface area contributed by atoms with Crippen LogP contribution in [0.15, 0.2) is 77.5 Å². The molecule has 1 aromatic heterocycles. The second-order valence-corrected chi connectivity index (χ2v) is 9.55. The average Bonchev–Trinajstić information content (AvgIpc) is 3.49. The number of amides is 4. The van der Waals surface area contributed by atoms with Crippen molar-refractivity contribution in [2.75, 3.05) is 32.7 Å². The van der Waals surface area contributed by atoms with Crippen LogP contribution in [0, 0.1) is 0 Å². The van der Waals surface area contributed by atoms with Crippen molar-refractivity contribution in [3.63, 3.8) is 0 Å². The van der Waals surface area contributed by atoms with Crippen molar-refractivity contribution in [1.82, 2.24) is 25.6 Å². The van der Waals surface area contributed by atoms with Crippen LogP contribution in [0.25, 0.3) is 0 Å². The molecular weight excluding hydrogens is 462 g/mol. The van der Waals surface area contributed by atoms with E-state index in [-0.39, 0.29) is 6.54 Å². The van der Waals surface area contributed by atoms with Crippen LogP contribution in [-0.2, 0) is 21.7 Å². The smallest absolute Gasteiger partial charge is 0.314 e. The van der Waals surface area contributed by atoms with Gasteiger partial charge in [-0.1, -0.05) is 60.7 Å². The molecule has 2 aromatic carbocycles. The number of rotatable bonds is 7. The maximum Gasteiger partial charge on any atom is 0.344 e. The van der Waals surface area contributed by atoms with Gasteiger partial charge in [0.15, 0.2) is 5.54 Å². The van der Waals surface area contributed by atoms with Gasteiger partial charge in [-0.25, -0.2) is 4.79 Å². The van der Waals surface area contributed by atoms with Crippen molar-refractivity contribution in [1.29, 1.82) is 0 Å². The Balaban J connectivity index is 1.25. The Bertz CT molecular complexity index is 1140. The largest absolute Gasteiger partial charge is 0.344 e. The number of nitrogens with zero attached hydrogens (tertiary/aromatic N) is 3. The molecule has 0 atom stereocenters. The zero-order valence-electron chi connectivity index (χ0n) is 19.2. The van der Waals surface area contributed by atoms with Crippen LogP contribution in [0.1, 0.15) is 16.7 Å². The lowest BCUT2D eigenvalue weighted by atomic mass is 9.83. The normalized spacial score (nSPS) is 18.5. The minimum atomic E-state index is -1.40. The van der Waals surface area contributed by atoms with Gasteiger partial charge in [-0.15, -0.1) is 0 Å². The molecule has 5 rings (SSSR count). The van der Waals surface area contributed by atoms with Crippen molar-refractivity contribution >= 4 is 29.2 Å². The number of benzene rings is 2. The molecule has 2 fully saturated rings. The third-order valence-corrected chi connectivity index (χ3v) is 7.22. The van der Waals surface area contributed by atoms with Gasteiger partial charge < -0.3 is 5.32 Å². The van der Waals surface area contributed by atoms with E-state index in [0.717, 1.165) is 37.7 Å². The molecule has 0 spiro atoms. The van der Waals surface area contributed by atoms with E-state index in [1.807, 2.05) is 41.3 Å². The number of imide groups is 1. The molecule has 3 heterocycles. The number of hydrogen-bond acceptors (Lipinski definition) is 6. The van der Waals surface area contributed by atoms with E-state index >= 15 is 0 Å². The maximum absolute atomic E-state index is 13.7. The molecule has 0 radical (unpaired) electrons. The summed E-state index contributed by atoms with van der Waals surface area (Å²) in [6, 6.07) is 19.6. The summed E-state index contributed by atoms with van der Waals surface area (Å²) in [6.45, 7) is 4.24. The van der Waals surface area contributed by atoms with Gasteiger partial charge in [0.05, 0.1) is 6.54 Å². The van der Waals surface area contributed by atoms with Gasteiger partial charge in [0.25, 0.3) is 11.8 Å². The third kappa shape index (κ3) is 4.70. The lowest BCUT2D eigenvalue weighted by Gasteiger charge is -2.34. The van der Waals surface area contributed by atoms with Gasteiger partial charge in [-0.2, -0.15) is 16.3 Å². The minimum absolute atomic E-state index is 0.118. The molecule has 0 unspecified atom stereocenters. The van der Waals surface area contributed by atoms with Gasteiger partial charge in [0.1, 0.15) is 0 Å². The van der Waals surface area contributed by atoms with Gasteiger partial charge in [-0.3, -0.25) is 24.8 Å². The zero-order valence-corrected chi connectivity index (χ0v) is 20.0. The molecule has 9 heteroatoms. The van der Waals surface area contributed by atoms with Gasteiger partial charge in [-0.05, 0) is 33.5 Å². The van der Waals surface area contributed by atoms with Crippen molar-refractivity contribution < 1.29 is 14.4 Å². The quantitative estimate of drug-likeness (QED) is 0.498. The van der Waals surface area contributed by atoms with Crippen LogP contribution in [0.3, 0.4) is 0 Å². The molecule has 2 saturated heterocycles. The summed E-state index contributed by atoms with van der Waals surface area (Å²) < 4.78 is 0. The fraction of sp³-hybridized carbons (Fsp3) is 0.269. The van der Waals surface area contributed by atoms with Gasteiger partial charge >= 0.3 is 6.03 Å². The predicted molar refractivity (Wildman–Crippen MR) is 133 cm³/mol. The number of nitrogens with one attached hydrogen (secondary N) is 2. The standard InChI is InChI=1S/C26H27N5O3S/c32-23(18-30-14-12-29(13-15-30)17-20-11-16-35-19-20)28-31-24(33)26(27-25(31)34,21-7-3-1-4-8-21)22-9-5-2-6-10-22/h1-11,16,19H,12-15,17-18H2,(H,27,34)(H,28,32). The highest BCUT2D eigenvalue weighted by Gasteiger charge is 2.54. The first-order chi connectivity index (χ1) is 17.1. The van der Waals surface area contributed by atoms with Crippen LogP contribution in [0.5, 0.6) is 0 Å². The summed E-state index contributed by atoms with van der Waals surface area (Å²) in [5.41, 5.74) is 3.71. The fourth-order valence-electron chi connectivity index (χ4n) is 4.67. The Morgan fingerprint density at radius 2 is 1.49 bits per heavy atom. The minimum Gasteiger partial charge on any atom is -0.314 e. The molecule has 0 saturated carbocycles. The predicted octanol–water partition coefficient (Wildman–Crippen LogP) is 2.39. The summed E-state index contributed by atoms with van der Waals surface area (Å²) in [4.78, 5) is 43.8. The number of carbonyl (C=O) groups is 3. The van der Waals surface area contributed by atoms with Gasteiger partial charge in [0, 0.05) is 32.7 Å². The highest BCUT2D eigenvalue weighted by molar-refractivity contribution is 7.07. The first kappa shape index (κ1) is 23.2.